The van der Waals surface area contributed by atoms with Crippen molar-refractivity contribution < 1.29 is 18.8 Å². The summed E-state index contributed by atoms with van der Waals surface area (Å²) in [6, 6.07) is 7.62. The molecule has 0 amide bonds. The summed E-state index contributed by atoms with van der Waals surface area (Å²) >= 11 is 0. The Morgan fingerprint density at radius 2 is 2.00 bits per heavy atom. The van der Waals surface area contributed by atoms with Crippen LogP contribution in [0.15, 0.2) is 24.3 Å². The fourth-order valence-corrected chi connectivity index (χ4v) is 5.39. The molecule has 3 saturated carbocycles. The van der Waals surface area contributed by atoms with Crippen molar-refractivity contribution in [2.75, 3.05) is 0 Å². The van der Waals surface area contributed by atoms with Crippen LogP contribution >= 0.6 is 0 Å². The van der Waals surface area contributed by atoms with E-state index in [4.69, 9.17) is 14.0 Å². The third-order valence-corrected chi connectivity index (χ3v) is 6.97. The van der Waals surface area contributed by atoms with E-state index in [1.807, 2.05) is 39.0 Å². The molecule has 4 aliphatic rings. The zero-order chi connectivity index (χ0) is 19.6. The number of rotatable bonds is 3. The second-order valence-electron chi connectivity index (χ2n) is 10.3. The molecule has 3 aliphatic carbocycles. The summed E-state index contributed by atoms with van der Waals surface area (Å²) in [6.45, 7) is 12.6. The summed E-state index contributed by atoms with van der Waals surface area (Å²) in [5.74, 6) is 1.02. The van der Waals surface area contributed by atoms with E-state index >= 15 is 0 Å². The molecule has 4 atom stereocenters. The van der Waals surface area contributed by atoms with Gasteiger partial charge in [-0.25, -0.2) is 4.79 Å². The molecular formula is C22H31BO4. The van der Waals surface area contributed by atoms with E-state index in [0.717, 1.165) is 17.9 Å². The first-order valence-corrected chi connectivity index (χ1v) is 10.1. The first-order chi connectivity index (χ1) is 12.5. The van der Waals surface area contributed by atoms with Crippen molar-refractivity contribution in [2.24, 2.45) is 17.3 Å². The minimum Gasteiger partial charge on any atom is -0.456 e. The maximum absolute atomic E-state index is 12.3. The second kappa shape index (κ2) is 6.08. The van der Waals surface area contributed by atoms with Gasteiger partial charge in [-0.15, -0.1) is 0 Å². The van der Waals surface area contributed by atoms with Crippen LogP contribution in [0.1, 0.15) is 70.3 Å². The topological polar surface area (TPSA) is 44.8 Å². The summed E-state index contributed by atoms with van der Waals surface area (Å²) in [6.07, 6.45) is 3.19. The van der Waals surface area contributed by atoms with Crippen LogP contribution in [0.2, 0.25) is 0 Å². The molecule has 1 heterocycles. The Hall–Kier alpha value is -1.33. The lowest BCUT2D eigenvalue weighted by Gasteiger charge is -2.64. The number of ether oxygens (including phenoxy) is 1. The fourth-order valence-electron chi connectivity index (χ4n) is 5.39. The zero-order valence-corrected chi connectivity index (χ0v) is 17.4. The van der Waals surface area contributed by atoms with Crippen molar-refractivity contribution in [1.82, 2.24) is 0 Å². The van der Waals surface area contributed by atoms with Gasteiger partial charge in [0.2, 0.25) is 0 Å². The fraction of sp³-hybridized carbons (Fsp3) is 0.682. The number of carbonyl (C=O) groups is 1. The van der Waals surface area contributed by atoms with Crippen LogP contribution in [0.25, 0.3) is 0 Å². The van der Waals surface area contributed by atoms with Gasteiger partial charge in [-0.3, -0.25) is 0 Å². The molecule has 146 valence electrons. The molecule has 2 bridgehead atoms. The maximum Gasteiger partial charge on any atom is 0.462 e. The molecule has 5 heteroatoms. The Bertz CT molecular complexity index is 753. The highest BCUT2D eigenvalue weighted by Crippen LogP contribution is 2.65. The van der Waals surface area contributed by atoms with Crippen LogP contribution in [-0.4, -0.2) is 30.4 Å². The van der Waals surface area contributed by atoms with Gasteiger partial charge in [0, 0.05) is 6.32 Å². The SMILES string of the molecule is CC(C)(C)OC(=O)c1cccc(CB2OC3CC4CC(C4(C)C)C3(C)O2)c1. The largest absolute Gasteiger partial charge is 0.462 e. The Kier molecular flexibility index (Phi) is 4.28. The van der Waals surface area contributed by atoms with Crippen molar-refractivity contribution in [2.45, 2.75) is 78.0 Å². The number of carbonyl (C=O) groups excluding carboxylic acids is 1. The van der Waals surface area contributed by atoms with Gasteiger partial charge in [0.1, 0.15) is 5.60 Å². The average Bonchev–Trinajstić information content (AvgIpc) is 2.88. The molecule has 1 aromatic rings. The molecule has 4 fully saturated rings. The molecule has 0 spiro atoms. The minimum absolute atomic E-state index is 0.188. The van der Waals surface area contributed by atoms with E-state index in [9.17, 15) is 4.79 Å². The van der Waals surface area contributed by atoms with Crippen LogP contribution in [0.5, 0.6) is 0 Å². The van der Waals surface area contributed by atoms with E-state index in [-0.39, 0.29) is 24.8 Å². The lowest BCUT2D eigenvalue weighted by atomic mass is 9.43. The van der Waals surface area contributed by atoms with Crippen molar-refractivity contribution in [3.05, 3.63) is 35.4 Å². The maximum atomic E-state index is 12.3. The molecule has 4 unspecified atom stereocenters. The van der Waals surface area contributed by atoms with Crippen LogP contribution in [-0.2, 0) is 20.4 Å². The van der Waals surface area contributed by atoms with E-state index in [1.165, 1.54) is 6.42 Å². The zero-order valence-electron chi connectivity index (χ0n) is 17.4. The summed E-state index contributed by atoms with van der Waals surface area (Å²) in [5, 5.41) is 0. The average molecular weight is 370 g/mol. The monoisotopic (exact) mass is 370 g/mol. The molecule has 0 radical (unpaired) electrons. The normalized spacial score (nSPS) is 34.0. The highest BCUT2D eigenvalue weighted by molar-refractivity contribution is 6.44. The molecule has 1 aromatic carbocycles. The highest BCUT2D eigenvalue weighted by atomic mass is 16.7. The van der Waals surface area contributed by atoms with Gasteiger partial charge >= 0.3 is 13.1 Å². The summed E-state index contributed by atoms with van der Waals surface area (Å²) in [7, 11) is -0.246. The summed E-state index contributed by atoms with van der Waals surface area (Å²) < 4.78 is 18.3. The third-order valence-electron chi connectivity index (χ3n) is 6.97. The molecular weight excluding hydrogens is 339 g/mol. The Labute approximate surface area is 163 Å². The van der Waals surface area contributed by atoms with Crippen molar-refractivity contribution >= 4 is 13.1 Å². The summed E-state index contributed by atoms with van der Waals surface area (Å²) in [5.41, 5.74) is 1.28. The van der Waals surface area contributed by atoms with Gasteiger partial charge in [-0.1, -0.05) is 26.0 Å². The standard InChI is InChI=1S/C22H31BO4/c1-20(2,3)25-19(24)15-9-7-8-14(10-15)13-23-26-18-12-16-11-17(21(16,4)5)22(18,6)27-23/h7-10,16-18H,11-13H2,1-6H3. The highest BCUT2D eigenvalue weighted by Gasteiger charge is 2.67. The minimum atomic E-state index is -0.497. The lowest BCUT2D eigenvalue weighted by molar-refractivity contribution is -0.199. The third kappa shape index (κ3) is 3.23. The number of hydrogen-bond acceptors (Lipinski definition) is 4. The second-order valence-corrected chi connectivity index (χ2v) is 10.3. The number of hydrogen-bond donors (Lipinski definition) is 0. The van der Waals surface area contributed by atoms with Gasteiger partial charge < -0.3 is 14.0 Å². The van der Waals surface area contributed by atoms with Gasteiger partial charge in [0.15, 0.2) is 0 Å². The Morgan fingerprint density at radius 1 is 1.26 bits per heavy atom. The van der Waals surface area contributed by atoms with E-state index in [1.54, 1.807) is 6.07 Å². The molecule has 0 N–H and O–H groups in total. The summed E-state index contributed by atoms with van der Waals surface area (Å²) in [4.78, 5) is 12.3. The van der Waals surface area contributed by atoms with E-state index in [2.05, 4.69) is 20.8 Å². The Morgan fingerprint density at radius 3 is 2.67 bits per heavy atom. The predicted molar refractivity (Wildman–Crippen MR) is 105 cm³/mol. The van der Waals surface area contributed by atoms with Crippen molar-refractivity contribution in [1.29, 1.82) is 0 Å². The van der Waals surface area contributed by atoms with Crippen LogP contribution in [0, 0.1) is 17.3 Å². The quantitative estimate of drug-likeness (QED) is 0.582. The smallest absolute Gasteiger partial charge is 0.456 e. The van der Waals surface area contributed by atoms with E-state index in [0.29, 0.717) is 23.2 Å². The lowest BCUT2D eigenvalue weighted by Crippen LogP contribution is -2.65. The van der Waals surface area contributed by atoms with Crippen LogP contribution in [0.4, 0.5) is 0 Å². The van der Waals surface area contributed by atoms with Gasteiger partial charge in [0.05, 0.1) is 17.3 Å². The van der Waals surface area contributed by atoms with E-state index < -0.39 is 5.60 Å². The molecule has 0 aromatic heterocycles. The molecule has 1 saturated heterocycles. The first kappa shape index (κ1) is 19.0. The first-order valence-electron chi connectivity index (χ1n) is 10.1. The molecule has 5 rings (SSSR count). The van der Waals surface area contributed by atoms with Gasteiger partial charge in [0.25, 0.3) is 0 Å². The van der Waals surface area contributed by atoms with Crippen LogP contribution in [0.3, 0.4) is 0 Å². The number of benzene rings is 1. The molecule has 27 heavy (non-hydrogen) atoms. The van der Waals surface area contributed by atoms with Crippen LogP contribution < -0.4 is 0 Å². The molecule has 1 aliphatic heterocycles. The number of esters is 1. The van der Waals surface area contributed by atoms with Gasteiger partial charge in [-0.05, 0) is 75.5 Å². The van der Waals surface area contributed by atoms with Crippen molar-refractivity contribution in [3.63, 3.8) is 0 Å². The molecule has 4 nitrogen and oxygen atoms in total. The van der Waals surface area contributed by atoms with Gasteiger partial charge in [-0.2, -0.15) is 0 Å². The Balaban J connectivity index is 1.45. The predicted octanol–water partition coefficient (Wildman–Crippen LogP) is 4.45. The van der Waals surface area contributed by atoms with Crippen molar-refractivity contribution in [3.8, 4) is 0 Å².